The molecule has 0 fully saturated rings. The van der Waals surface area contributed by atoms with Crippen LogP contribution in [-0.2, 0) is 6.73 Å². The molecule has 0 aliphatic rings. The van der Waals surface area contributed by atoms with Gasteiger partial charge in [-0.3, -0.25) is 10.2 Å². The van der Waals surface area contributed by atoms with E-state index in [2.05, 4.69) is 5.10 Å². The van der Waals surface area contributed by atoms with Crippen molar-refractivity contribution < 1.29 is 18.3 Å². The van der Waals surface area contributed by atoms with Crippen molar-refractivity contribution in [2.45, 2.75) is 6.73 Å². The van der Waals surface area contributed by atoms with E-state index in [9.17, 15) is 13.6 Å². The average Bonchev–Trinajstić information content (AvgIpc) is 2.80. The second-order valence-corrected chi connectivity index (χ2v) is 4.10. The number of hydrazine groups is 1. The minimum absolute atomic E-state index is 0.0666. The van der Waals surface area contributed by atoms with Gasteiger partial charge in [0.05, 0.1) is 5.02 Å². The number of halogens is 3. The predicted molar refractivity (Wildman–Crippen MR) is 65.9 cm³/mol. The molecule has 106 valence electrons. The number of carbonyl (C=O) groups is 1. The van der Waals surface area contributed by atoms with Gasteiger partial charge < -0.3 is 4.74 Å². The minimum Gasteiger partial charge on any atom is -0.471 e. The van der Waals surface area contributed by atoms with Gasteiger partial charge in [0.2, 0.25) is 0 Å². The number of rotatable bonds is 4. The van der Waals surface area contributed by atoms with Gasteiger partial charge in [-0.05, 0) is 12.1 Å². The second-order valence-electron chi connectivity index (χ2n) is 3.69. The Bertz CT molecular complexity index is 647. The smallest absolute Gasteiger partial charge is 0.287 e. The van der Waals surface area contributed by atoms with E-state index in [0.717, 1.165) is 12.1 Å². The lowest BCUT2D eigenvalue weighted by molar-refractivity contribution is 0.0946. The zero-order valence-electron chi connectivity index (χ0n) is 9.94. The van der Waals surface area contributed by atoms with Crippen LogP contribution in [0.15, 0.2) is 24.4 Å². The summed E-state index contributed by atoms with van der Waals surface area (Å²) in [6.07, 6.45) is 1.34. The summed E-state index contributed by atoms with van der Waals surface area (Å²) in [7, 11) is 0. The average molecular weight is 303 g/mol. The lowest BCUT2D eigenvalue weighted by atomic mass is 10.3. The van der Waals surface area contributed by atoms with Gasteiger partial charge >= 0.3 is 0 Å². The third-order valence-corrected chi connectivity index (χ3v) is 2.59. The van der Waals surface area contributed by atoms with E-state index in [1.54, 1.807) is 0 Å². The molecule has 2 rings (SSSR count). The monoisotopic (exact) mass is 302 g/mol. The van der Waals surface area contributed by atoms with Crippen LogP contribution in [0, 0.1) is 11.6 Å². The fourth-order valence-electron chi connectivity index (χ4n) is 1.39. The molecule has 0 bridgehead atoms. The Kier molecular flexibility index (Phi) is 4.16. The number of ether oxygens (including phenoxy) is 1. The lowest BCUT2D eigenvalue weighted by Crippen LogP contribution is -2.30. The quantitative estimate of drug-likeness (QED) is 0.509. The highest BCUT2D eigenvalue weighted by molar-refractivity contribution is 6.33. The largest absolute Gasteiger partial charge is 0.471 e. The van der Waals surface area contributed by atoms with Crippen LogP contribution in [0.5, 0.6) is 5.75 Å². The molecule has 3 N–H and O–H groups in total. The summed E-state index contributed by atoms with van der Waals surface area (Å²) in [6.45, 7) is -0.136. The number of nitrogens with zero attached hydrogens (tertiary/aromatic N) is 2. The molecule has 1 aromatic carbocycles. The van der Waals surface area contributed by atoms with Crippen LogP contribution in [-0.4, -0.2) is 15.7 Å². The van der Waals surface area contributed by atoms with E-state index in [1.807, 2.05) is 5.43 Å². The number of amides is 1. The van der Waals surface area contributed by atoms with Gasteiger partial charge in [0, 0.05) is 12.3 Å². The number of hydrogen-bond acceptors (Lipinski definition) is 4. The summed E-state index contributed by atoms with van der Waals surface area (Å²) in [4.78, 5) is 11.3. The number of carbonyl (C=O) groups excluding carboxylic acids is 1. The fourth-order valence-corrected chi connectivity index (χ4v) is 1.63. The number of aromatic nitrogens is 2. The first kappa shape index (κ1) is 14.2. The maximum Gasteiger partial charge on any atom is 0.287 e. The molecule has 0 atom stereocenters. The molecule has 0 unspecified atom stereocenters. The number of hydrogen-bond donors (Lipinski definition) is 2. The van der Waals surface area contributed by atoms with E-state index < -0.39 is 17.5 Å². The normalized spacial score (nSPS) is 10.4. The first-order valence-electron chi connectivity index (χ1n) is 5.33. The molecule has 6 nitrogen and oxygen atoms in total. The van der Waals surface area contributed by atoms with Gasteiger partial charge in [-0.1, -0.05) is 11.6 Å². The summed E-state index contributed by atoms with van der Waals surface area (Å²) < 4.78 is 32.1. The molecule has 9 heteroatoms. The summed E-state index contributed by atoms with van der Waals surface area (Å²) in [5.74, 6) is 2.43. The van der Waals surface area contributed by atoms with Crippen molar-refractivity contribution in [1.82, 2.24) is 15.2 Å². The van der Waals surface area contributed by atoms with Crippen LogP contribution in [0.25, 0.3) is 0 Å². The van der Waals surface area contributed by atoms with Crippen molar-refractivity contribution in [1.29, 1.82) is 0 Å². The minimum atomic E-state index is -1.02. The lowest BCUT2D eigenvalue weighted by Gasteiger charge is -2.06. The highest BCUT2D eigenvalue weighted by atomic mass is 35.5. The van der Waals surface area contributed by atoms with E-state index in [4.69, 9.17) is 22.2 Å². The molecule has 1 heterocycles. The third kappa shape index (κ3) is 3.03. The van der Waals surface area contributed by atoms with Crippen molar-refractivity contribution in [3.8, 4) is 5.75 Å². The zero-order valence-corrected chi connectivity index (χ0v) is 10.7. The number of benzene rings is 1. The topological polar surface area (TPSA) is 82.2 Å². The molecule has 0 aliphatic heterocycles. The fraction of sp³-hybridized carbons (Fsp3) is 0.0909. The van der Waals surface area contributed by atoms with Crippen LogP contribution in [0.1, 0.15) is 10.5 Å². The molecule has 20 heavy (non-hydrogen) atoms. The first-order chi connectivity index (χ1) is 9.51. The van der Waals surface area contributed by atoms with Crippen LogP contribution >= 0.6 is 11.6 Å². The van der Waals surface area contributed by atoms with Gasteiger partial charge in [-0.15, -0.1) is 0 Å². The number of nitrogens with two attached hydrogens (primary N) is 1. The van der Waals surface area contributed by atoms with E-state index in [0.29, 0.717) is 0 Å². The molecule has 0 radical (unpaired) electrons. The molecule has 1 amide bonds. The van der Waals surface area contributed by atoms with Gasteiger partial charge in [-0.25, -0.2) is 19.3 Å². The molecular weight excluding hydrogens is 294 g/mol. The van der Waals surface area contributed by atoms with Crippen LogP contribution in [0.4, 0.5) is 8.78 Å². The van der Waals surface area contributed by atoms with Crippen LogP contribution in [0.3, 0.4) is 0 Å². The summed E-state index contributed by atoms with van der Waals surface area (Å²) in [5.41, 5.74) is 1.83. The number of nitrogen functional groups attached to an aromatic ring is 1. The Morgan fingerprint density at radius 3 is 2.85 bits per heavy atom. The Hall–Kier alpha value is -2.19. The van der Waals surface area contributed by atoms with Crippen molar-refractivity contribution in [3.63, 3.8) is 0 Å². The Morgan fingerprint density at radius 1 is 1.45 bits per heavy atom. The molecule has 0 aliphatic carbocycles. The van der Waals surface area contributed by atoms with E-state index >= 15 is 0 Å². The van der Waals surface area contributed by atoms with Crippen LogP contribution < -0.4 is 16.0 Å². The zero-order chi connectivity index (χ0) is 14.7. The maximum atomic E-state index is 13.0. The van der Waals surface area contributed by atoms with Crippen molar-refractivity contribution in [2.75, 3.05) is 0 Å². The van der Waals surface area contributed by atoms with Crippen molar-refractivity contribution >= 4 is 17.5 Å². The Morgan fingerprint density at radius 2 is 2.20 bits per heavy atom. The standard InChI is InChI=1S/C11H9ClF2N4O2/c12-7-4-18(17-10(7)11(19)16-15)5-20-6-1-2-8(13)9(14)3-6/h1-4H,5,15H2,(H,16,19). The van der Waals surface area contributed by atoms with Crippen molar-refractivity contribution in [3.05, 3.63) is 46.7 Å². The van der Waals surface area contributed by atoms with E-state index in [1.165, 1.54) is 16.9 Å². The maximum absolute atomic E-state index is 13.0. The van der Waals surface area contributed by atoms with Gasteiger partial charge in [0.25, 0.3) is 5.91 Å². The number of nitrogens with one attached hydrogen (secondary N) is 1. The van der Waals surface area contributed by atoms with Gasteiger partial charge in [0.15, 0.2) is 24.1 Å². The van der Waals surface area contributed by atoms with Gasteiger partial charge in [-0.2, -0.15) is 5.10 Å². The highest BCUT2D eigenvalue weighted by Crippen LogP contribution is 2.17. The summed E-state index contributed by atoms with van der Waals surface area (Å²) >= 11 is 5.78. The molecule has 0 saturated carbocycles. The van der Waals surface area contributed by atoms with Crippen molar-refractivity contribution in [2.24, 2.45) is 5.84 Å². The summed E-state index contributed by atoms with van der Waals surface area (Å²) in [5, 5.41) is 3.92. The molecule has 2 aromatic rings. The highest BCUT2D eigenvalue weighted by Gasteiger charge is 2.14. The molecule has 1 aromatic heterocycles. The second kappa shape index (κ2) is 5.85. The predicted octanol–water partition coefficient (Wildman–Crippen LogP) is 1.45. The van der Waals surface area contributed by atoms with Gasteiger partial charge in [0.1, 0.15) is 5.75 Å². The summed E-state index contributed by atoms with van der Waals surface area (Å²) in [6, 6.07) is 3.10. The van der Waals surface area contributed by atoms with Crippen LogP contribution in [0.2, 0.25) is 5.02 Å². The van der Waals surface area contributed by atoms with E-state index in [-0.39, 0.29) is 23.2 Å². The third-order valence-electron chi connectivity index (χ3n) is 2.32. The molecule has 0 saturated heterocycles. The Labute approximate surface area is 117 Å². The first-order valence-corrected chi connectivity index (χ1v) is 5.71. The molecular formula is C11H9ClF2N4O2. The Balaban J connectivity index is 2.07. The SMILES string of the molecule is NNC(=O)c1nn(COc2ccc(F)c(F)c2)cc1Cl. The molecule has 0 spiro atoms.